The van der Waals surface area contributed by atoms with E-state index in [1.165, 1.54) is 0 Å². The van der Waals surface area contributed by atoms with Crippen LogP contribution in [0.3, 0.4) is 0 Å². The topological polar surface area (TPSA) is 105 Å². The first-order chi connectivity index (χ1) is 10.8. The van der Waals surface area contributed by atoms with Gasteiger partial charge in [0.15, 0.2) is 0 Å². The predicted octanol–water partition coefficient (Wildman–Crippen LogP) is 2.59. The summed E-state index contributed by atoms with van der Waals surface area (Å²) >= 11 is 4.36. The molecule has 0 aliphatic rings. The number of aryl methyl sites for hydroxylation is 1. The molecule has 2 rings (SSSR count). The summed E-state index contributed by atoms with van der Waals surface area (Å²) in [5.74, 6) is 0.674. The van der Waals surface area contributed by atoms with Crippen LogP contribution in [0, 0.1) is 13.8 Å². The van der Waals surface area contributed by atoms with Crippen LogP contribution in [0.25, 0.3) is 10.6 Å². The molecule has 0 unspecified atom stereocenters. The first-order valence-electron chi connectivity index (χ1n) is 6.61. The number of aromatic nitrogens is 1. The third-order valence-electron chi connectivity index (χ3n) is 3.22. The Kier molecular flexibility index (Phi) is 5.98. The zero-order valence-electron chi connectivity index (χ0n) is 12.9. The fraction of sp³-hybridized carbons (Fsp3) is 0.462. The van der Waals surface area contributed by atoms with Crippen LogP contribution in [0.15, 0.2) is 13.2 Å². The molecule has 0 aromatic carbocycles. The molecule has 2 aromatic rings. The van der Waals surface area contributed by atoms with Gasteiger partial charge < -0.3 is 14.0 Å². The van der Waals surface area contributed by atoms with Crippen molar-refractivity contribution in [3.63, 3.8) is 0 Å². The molecule has 0 saturated heterocycles. The van der Waals surface area contributed by atoms with Crippen molar-refractivity contribution >= 4 is 37.3 Å². The molecular formula is C13H17BrN2O5S2. The molecule has 0 amide bonds. The summed E-state index contributed by atoms with van der Waals surface area (Å²) in [4.78, 5) is 0.660. The standard InChI is InChI=1S/C13H17BrN2O5S2/c1-7-8(2)21-16-11(7)12-9(6-20-5-4-19-3)10(14)13(22-12)23(15,17)18/h4-6H2,1-3H3,(H2,15,17,18). The third kappa shape index (κ3) is 4.01. The summed E-state index contributed by atoms with van der Waals surface area (Å²) in [6, 6.07) is 0. The normalized spacial score (nSPS) is 12.0. The summed E-state index contributed by atoms with van der Waals surface area (Å²) in [6.07, 6.45) is 0. The number of ether oxygens (including phenoxy) is 2. The van der Waals surface area contributed by atoms with Crippen molar-refractivity contribution in [2.75, 3.05) is 20.3 Å². The molecular weight excluding hydrogens is 408 g/mol. The summed E-state index contributed by atoms with van der Waals surface area (Å²) in [7, 11) is -2.27. The summed E-state index contributed by atoms with van der Waals surface area (Å²) < 4.78 is 39.6. The van der Waals surface area contributed by atoms with E-state index in [4.69, 9.17) is 19.1 Å². The Morgan fingerprint density at radius 3 is 2.57 bits per heavy atom. The van der Waals surface area contributed by atoms with Gasteiger partial charge in [-0.1, -0.05) is 5.16 Å². The third-order valence-corrected chi connectivity index (χ3v) is 7.32. The lowest BCUT2D eigenvalue weighted by Gasteiger charge is -2.05. The van der Waals surface area contributed by atoms with Gasteiger partial charge in [0.05, 0.1) is 29.2 Å². The van der Waals surface area contributed by atoms with Crippen LogP contribution in [0.5, 0.6) is 0 Å². The van der Waals surface area contributed by atoms with E-state index in [2.05, 4.69) is 21.1 Å². The molecule has 0 spiro atoms. The van der Waals surface area contributed by atoms with Gasteiger partial charge in [-0.3, -0.25) is 0 Å². The fourth-order valence-electron chi connectivity index (χ4n) is 1.87. The minimum Gasteiger partial charge on any atom is -0.382 e. The molecule has 10 heteroatoms. The van der Waals surface area contributed by atoms with E-state index >= 15 is 0 Å². The van der Waals surface area contributed by atoms with E-state index in [9.17, 15) is 8.42 Å². The van der Waals surface area contributed by atoms with E-state index in [0.29, 0.717) is 39.6 Å². The van der Waals surface area contributed by atoms with Gasteiger partial charge in [-0.05, 0) is 29.8 Å². The quantitative estimate of drug-likeness (QED) is 0.684. The molecule has 0 saturated carbocycles. The number of methoxy groups -OCH3 is 1. The SMILES string of the molecule is COCCOCc1c(-c2noc(C)c2C)sc(S(N)(=O)=O)c1Br. The fourth-order valence-corrected chi connectivity index (χ4v) is 5.29. The lowest BCUT2D eigenvalue weighted by atomic mass is 10.1. The smallest absolute Gasteiger partial charge is 0.248 e. The summed E-state index contributed by atoms with van der Waals surface area (Å²) in [5, 5.41) is 9.31. The van der Waals surface area contributed by atoms with Crippen molar-refractivity contribution < 1.29 is 22.4 Å². The van der Waals surface area contributed by atoms with Crippen LogP contribution in [-0.2, 0) is 26.1 Å². The zero-order chi connectivity index (χ0) is 17.2. The van der Waals surface area contributed by atoms with Crippen molar-refractivity contribution in [2.45, 2.75) is 24.7 Å². The van der Waals surface area contributed by atoms with Gasteiger partial charge >= 0.3 is 0 Å². The largest absolute Gasteiger partial charge is 0.382 e. The van der Waals surface area contributed by atoms with Gasteiger partial charge in [0.25, 0.3) is 0 Å². The Hall–Kier alpha value is -0.780. The summed E-state index contributed by atoms with van der Waals surface area (Å²) in [6.45, 7) is 4.70. The van der Waals surface area contributed by atoms with E-state index in [-0.39, 0.29) is 10.8 Å². The minimum absolute atomic E-state index is 0.0397. The predicted molar refractivity (Wildman–Crippen MR) is 89.9 cm³/mol. The van der Waals surface area contributed by atoms with Gasteiger partial charge in [-0.15, -0.1) is 11.3 Å². The molecule has 128 valence electrons. The Morgan fingerprint density at radius 1 is 1.35 bits per heavy atom. The number of sulfonamides is 1. The molecule has 7 nitrogen and oxygen atoms in total. The van der Waals surface area contributed by atoms with Crippen molar-refractivity contribution in [3.05, 3.63) is 21.4 Å². The minimum atomic E-state index is -3.85. The van der Waals surface area contributed by atoms with Crippen LogP contribution in [0.1, 0.15) is 16.9 Å². The number of nitrogens with two attached hydrogens (primary N) is 1. The van der Waals surface area contributed by atoms with Gasteiger partial charge in [0.1, 0.15) is 15.7 Å². The van der Waals surface area contributed by atoms with Gasteiger partial charge in [0, 0.05) is 18.2 Å². The first kappa shape index (κ1) is 18.6. The molecule has 0 fully saturated rings. The van der Waals surface area contributed by atoms with E-state index in [1.54, 1.807) is 14.0 Å². The summed E-state index contributed by atoms with van der Waals surface area (Å²) in [5.41, 5.74) is 2.11. The highest BCUT2D eigenvalue weighted by molar-refractivity contribution is 9.10. The maximum Gasteiger partial charge on any atom is 0.248 e. The van der Waals surface area contributed by atoms with Gasteiger partial charge in [0.2, 0.25) is 10.0 Å². The molecule has 0 atom stereocenters. The maximum atomic E-state index is 11.8. The molecule has 2 N–H and O–H groups in total. The molecule has 0 aliphatic heterocycles. The number of rotatable bonds is 7. The van der Waals surface area contributed by atoms with Crippen molar-refractivity contribution in [1.82, 2.24) is 5.16 Å². The van der Waals surface area contributed by atoms with Gasteiger partial charge in [-0.25, -0.2) is 13.6 Å². The number of hydrogen-bond acceptors (Lipinski definition) is 7. The van der Waals surface area contributed by atoms with Gasteiger partial charge in [-0.2, -0.15) is 0 Å². The number of halogens is 1. The van der Waals surface area contributed by atoms with Crippen LogP contribution >= 0.6 is 27.3 Å². The average molecular weight is 425 g/mol. The molecule has 0 aliphatic carbocycles. The highest BCUT2D eigenvalue weighted by atomic mass is 79.9. The van der Waals surface area contributed by atoms with E-state index in [1.807, 2.05) is 6.92 Å². The molecule has 2 aromatic heterocycles. The molecule has 0 bridgehead atoms. The first-order valence-corrected chi connectivity index (χ1v) is 9.76. The second kappa shape index (κ2) is 7.41. The van der Waals surface area contributed by atoms with E-state index < -0.39 is 10.0 Å². The van der Waals surface area contributed by atoms with Crippen LogP contribution in [-0.4, -0.2) is 33.9 Å². The molecule has 23 heavy (non-hydrogen) atoms. The lowest BCUT2D eigenvalue weighted by molar-refractivity contribution is 0.0617. The monoisotopic (exact) mass is 424 g/mol. The Balaban J connectivity index is 2.49. The number of primary sulfonamides is 1. The highest BCUT2D eigenvalue weighted by Gasteiger charge is 2.27. The Bertz CT molecular complexity index is 798. The second-order valence-corrected chi connectivity index (χ2v) is 8.38. The molecule has 2 heterocycles. The van der Waals surface area contributed by atoms with Crippen LogP contribution in [0.4, 0.5) is 0 Å². The van der Waals surface area contributed by atoms with E-state index in [0.717, 1.165) is 16.9 Å². The van der Waals surface area contributed by atoms with Crippen molar-refractivity contribution in [3.8, 4) is 10.6 Å². The number of thiophene rings is 1. The van der Waals surface area contributed by atoms with Crippen molar-refractivity contribution in [2.24, 2.45) is 5.14 Å². The highest BCUT2D eigenvalue weighted by Crippen LogP contribution is 2.43. The second-order valence-electron chi connectivity index (χ2n) is 4.81. The average Bonchev–Trinajstić information content (AvgIpc) is 2.96. The van der Waals surface area contributed by atoms with Crippen LogP contribution in [0.2, 0.25) is 0 Å². The lowest BCUT2D eigenvalue weighted by Crippen LogP contribution is -2.11. The zero-order valence-corrected chi connectivity index (χ0v) is 16.1. The van der Waals surface area contributed by atoms with Crippen molar-refractivity contribution in [1.29, 1.82) is 0 Å². The number of nitrogens with zero attached hydrogens (tertiary/aromatic N) is 1. The Morgan fingerprint density at radius 2 is 2.04 bits per heavy atom. The van der Waals surface area contributed by atoms with Crippen LogP contribution < -0.4 is 5.14 Å². The number of hydrogen-bond donors (Lipinski definition) is 1. The molecule has 0 radical (unpaired) electrons. The Labute approximate surface area is 146 Å². The maximum absolute atomic E-state index is 11.8.